The zero-order valence-electron chi connectivity index (χ0n) is 36.7. The molecule has 1 saturated heterocycles. The molecular formula is C45H85NO12S. The number of unbranched alkanes of at least 4 members (excludes halogenated alkanes) is 24. The van der Waals surface area contributed by atoms with Crippen molar-refractivity contribution >= 4 is 16.3 Å². The van der Waals surface area contributed by atoms with Gasteiger partial charge >= 0.3 is 10.4 Å². The number of aliphatic hydroxyl groups is 5. The number of hydrogen-bond acceptors (Lipinski definition) is 11. The van der Waals surface area contributed by atoms with E-state index in [1.54, 1.807) is 6.08 Å². The van der Waals surface area contributed by atoms with Crippen molar-refractivity contribution < 1.29 is 57.0 Å². The van der Waals surface area contributed by atoms with Gasteiger partial charge in [0, 0.05) is 0 Å². The fourth-order valence-corrected chi connectivity index (χ4v) is 7.85. The Morgan fingerprint density at radius 3 is 1.58 bits per heavy atom. The van der Waals surface area contributed by atoms with E-state index in [1.165, 1.54) is 102 Å². The molecule has 13 nitrogen and oxygen atoms in total. The van der Waals surface area contributed by atoms with E-state index in [1.807, 2.05) is 0 Å². The quantitative estimate of drug-likeness (QED) is 0.0179. The minimum Gasteiger partial charge on any atom is -0.394 e. The highest BCUT2D eigenvalue weighted by molar-refractivity contribution is 7.80. The average Bonchev–Trinajstić information content (AvgIpc) is 3.20. The zero-order valence-corrected chi connectivity index (χ0v) is 37.5. The Morgan fingerprint density at radius 1 is 0.678 bits per heavy atom. The van der Waals surface area contributed by atoms with Crippen LogP contribution in [-0.2, 0) is 28.9 Å². The van der Waals surface area contributed by atoms with Gasteiger partial charge < -0.3 is 40.3 Å². The summed E-state index contributed by atoms with van der Waals surface area (Å²) in [7, 11) is -5.11. The van der Waals surface area contributed by atoms with Crippen LogP contribution < -0.4 is 5.32 Å². The second-order valence-corrected chi connectivity index (χ2v) is 17.5. The summed E-state index contributed by atoms with van der Waals surface area (Å²) >= 11 is 0. The number of allylic oxidation sites excluding steroid dienone is 3. The molecule has 0 aliphatic carbocycles. The Labute approximate surface area is 357 Å². The third-order valence-corrected chi connectivity index (χ3v) is 11.5. The first kappa shape index (κ1) is 55.6. The topological polar surface area (TPSA) is 212 Å². The van der Waals surface area contributed by atoms with Gasteiger partial charge in [0.15, 0.2) is 6.29 Å². The molecule has 1 heterocycles. The van der Waals surface area contributed by atoms with Gasteiger partial charge in [0.2, 0.25) is 5.91 Å². The number of amides is 1. The first-order valence-electron chi connectivity index (χ1n) is 23.3. The number of nitrogens with one attached hydrogen (secondary N) is 1. The molecule has 8 unspecified atom stereocenters. The summed E-state index contributed by atoms with van der Waals surface area (Å²) in [5, 5.41) is 55.0. The van der Waals surface area contributed by atoms with E-state index in [0.717, 1.165) is 64.2 Å². The van der Waals surface area contributed by atoms with Crippen LogP contribution in [-0.4, -0.2) is 107 Å². The first-order chi connectivity index (χ1) is 28.4. The fourth-order valence-electron chi connectivity index (χ4n) is 7.34. The molecule has 0 aromatic rings. The Morgan fingerprint density at radius 2 is 1.12 bits per heavy atom. The standard InChI is InChI=1S/C45H85NO12S/c1-3-5-7-9-11-13-14-15-16-17-18-19-20-21-22-23-24-25-26-28-30-32-34-39(49)44(52)46-37(38(48)33-31-29-27-12-10-8-6-4-2)36-56-45-42(51)43(58-59(53,54)55)41(50)40(35-47)57-45/h21-22,31,33,37-43,45,47-51H,3-20,23-30,32,34-36H2,1-2H3,(H,46,52)(H,53,54,55)/b22-21-,33-31+. The van der Waals surface area contributed by atoms with Crippen LogP contribution in [0.5, 0.6) is 0 Å². The number of rotatable bonds is 39. The summed E-state index contributed by atoms with van der Waals surface area (Å²) in [5.74, 6) is -0.710. The Hall–Kier alpha value is -1.46. The lowest BCUT2D eigenvalue weighted by Crippen LogP contribution is -2.61. The Bertz CT molecular complexity index is 1170. The van der Waals surface area contributed by atoms with Crippen LogP contribution in [0.2, 0.25) is 0 Å². The largest absolute Gasteiger partial charge is 0.397 e. The normalized spacial score (nSPS) is 21.7. The summed E-state index contributed by atoms with van der Waals surface area (Å²) in [4.78, 5) is 13.1. The molecule has 0 aromatic heterocycles. The smallest absolute Gasteiger partial charge is 0.394 e. The van der Waals surface area contributed by atoms with Crippen molar-refractivity contribution in [1.29, 1.82) is 0 Å². The van der Waals surface area contributed by atoms with Crippen LogP contribution in [0.3, 0.4) is 0 Å². The minimum atomic E-state index is -5.11. The van der Waals surface area contributed by atoms with Gasteiger partial charge in [0.1, 0.15) is 30.5 Å². The lowest BCUT2D eigenvalue weighted by molar-refractivity contribution is -0.298. The van der Waals surface area contributed by atoms with Crippen molar-refractivity contribution in [1.82, 2.24) is 5.32 Å². The third kappa shape index (κ3) is 28.7. The molecule has 0 spiro atoms. The molecule has 1 aliphatic rings. The van der Waals surface area contributed by atoms with Crippen molar-refractivity contribution in [2.24, 2.45) is 0 Å². The maximum Gasteiger partial charge on any atom is 0.397 e. The summed E-state index contributed by atoms with van der Waals surface area (Å²) in [6, 6.07) is -1.12. The van der Waals surface area contributed by atoms with Crippen LogP contribution in [0.15, 0.2) is 24.3 Å². The number of carbonyl (C=O) groups excluding carboxylic acids is 1. The van der Waals surface area contributed by atoms with Crippen LogP contribution in [0, 0.1) is 0 Å². The van der Waals surface area contributed by atoms with Crippen LogP contribution in [0.25, 0.3) is 0 Å². The Kier molecular flexibility index (Phi) is 34.0. The fraction of sp³-hybridized carbons (Fsp3) is 0.889. The summed E-state index contributed by atoms with van der Waals surface area (Å²) in [6.07, 6.45) is 28.7. The third-order valence-electron chi connectivity index (χ3n) is 11.1. The number of carbonyl (C=O) groups is 1. The van der Waals surface area contributed by atoms with Crippen molar-refractivity contribution in [3.8, 4) is 0 Å². The zero-order chi connectivity index (χ0) is 43.6. The molecule has 0 bridgehead atoms. The maximum absolute atomic E-state index is 13.1. The molecule has 8 atom stereocenters. The molecule has 59 heavy (non-hydrogen) atoms. The highest BCUT2D eigenvalue weighted by Gasteiger charge is 2.48. The number of ether oxygens (including phenoxy) is 2. The Balaban J connectivity index is 2.44. The molecule has 14 heteroatoms. The van der Waals surface area contributed by atoms with Gasteiger partial charge in [0.25, 0.3) is 0 Å². The molecule has 1 rings (SSSR count). The van der Waals surface area contributed by atoms with E-state index >= 15 is 0 Å². The van der Waals surface area contributed by atoms with Crippen LogP contribution in [0.4, 0.5) is 0 Å². The van der Waals surface area contributed by atoms with Crippen molar-refractivity contribution in [2.75, 3.05) is 13.2 Å². The van der Waals surface area contributed by atoms with E-state index < -0.39 is 78.5 Å². The van der Waals surface area contributed by atoms with E-state index in [9.17, 15) is 38.7 Å². The van der Waals surface area contributed by atoms with Crippen molar-refractivity contribution in [3.05, 3.63) is 24.3 Å². The average molecular weight is 864 g/mol. The van der Waals surface area contributed by atoms with Crippen molar-refractivity contribution in [2.45, 2.75) is 243 Å². The minimum absolute atomic E-state index is 0.237. The molecule has 1 amide bonds. The molecule has 0 saturated carbocycles. The second kappa shape index (κ2) is 36.1. The number of hydrogen-bond donors (Lipinski definition) is 7. The second-order valence-electron chi connectivity index (χ2n) is 16.5. The first-order valence-corrected chi connectivity index (χ1v) is 24.7. The van der Waals surface area contributed by atoms with E-state index in [2.05, 4.69) is 35.5 Å². The summed E-state index contributed by atoms with van der Waals surface area (Å²) in [5.41, 5.74) is 0. The SMILES string of the molecule is CCCCCCCC/C=C/C(O)C(COC1OC(CO)C(O)C(OS(=O)(=O)O)C1O)NC(=O)C(O)CCCCCCCC/C=C\CCCCCCCCCCCCCC. The number of aliphatic hydroxyl groups excluding tert-OH is 5. The van der Waals surface area contributed by atoms with Gasteiger partial charge in [-0.1, -0.05) is 173 Å². The van der Waals surface area contributed by atoms with Gasteiger partial charge in [-0.15, -0.1) is 0 Å². The molecule has 1 fully saturated rings. The van der Waals surface area contributed by atoms with Gasteiger partial charge in [0.05, 0.1) is 25.4 Å². The molecule has 7 N–H and O–H groups in total. The van der Waals surface area contributed by atoms with E-state index in [0.29, 0.717) is 12.8 Å². The van der Waals surface area contributed by atoms with Gasteiger partial charge in [-0.3, -0.25) is 9.35 Å². The lowest BCUT2D eigenvalue weighted by atomic mass is 9.99. The van der Waals surface area contributed by atoms with E-state index in [-0.39, 0.29) is 6.42 Å². The van der Waals surface area contributed by atoms with Crippen LogP contribution in [0.1, 0.15) is 194 Å². The molecule has 0 radical (unpaired) electrons. The summed E-state index contributed by atoms with van der Waals surface area (Å²) in [6.45, 7) is 3.16. The molecule has 1 aliphatic heterocycles. The van der Waals surface area contributed by atoms with Crippen LogP contribution >= 0.6 is 0 Å². The summed E-state index contributed by atoms with van der Waals surface area (Å²) < 4.78 is 47.3. The van der Waals surface area contributed by atoms with Crippen molar-refractivity contribution in [3.63, 3.8) is 0 Å². The monoisotopic (exact) mass is 864 g/mol. The highest BCUT2D eigenvalue weighted by atomic mass is 32.3. The van der Waals surface area contributed by atoms with Gasteiger partial charge in [-0.2, -0.15) is 8.42 Å². The molecule has 348 valence electrons. The van der Waals surface area contributed by atoms with E-state index in [4.69, 9.17) is 14.0 Å². The highest BCUT2D eigenvalue weighted by Crippen LogP contribution is 2.26. The predicted octanol–water partition coefficient (Wildman–Crippen LogP) is 7.91. The molecule has 0 aromatic carbocycles. The van der Waals surface area contributed by atoms with Gasteiger partial charge in [-0.25, -0.2) is 4.18 Å². The predicted molar refractivity (Wildman–Crippen MR) is 233 cm³/mol. The molecular weight excluding hydrogens is 779 g/mol. The lowest BCUT2D eigenvalue weighted by Gasteiger charge is -2.41. The van der Waals surface area contributed by atoms with Gasteiger partial charge in [-0.05, 0) is 44.9 Å². The maximum atomic E-state index is 13.1.